The van der Waals surface area contributed by atoms with Gasteiger partial charge in [0.2, 0.25) is 0 Å². The third-order valence-corrected chi connectivity index (χ3v) is 7.20. The Hall–Kier alpha value is -2.81. The first-order valence-corrected chi connectivity index (χ1v) is 11.2. The number of hydrogen-bond donors (Lipinski definition) is 0. The Morgan fingerprint density at radius 2 is 1.81 bits per heavy atom. The van der Waals surface area contributed by atoms with Gasteiger partial charge in [-0.05, 0) is 68.4 Å². The lowest BCUT2D eigenvalue weighted by atomic mass is 9.52. The van der Waals surface area contributed by atoms with E-state index in [-0.39, 0.29) is 18.1 Å². The quantitative estimate of drug-likeness (QED) is 0.468. The number of carbonyl (C=O) groups excluding carboxylic acids is 2. The molecule has 31 heavy (non-hydrogen) atoms. The van der Waals surface area contributed by atoms with E-state index in [9.17, 15) is 9.59 Å². The molecule has 164 valence electrons. The maximum absolute atomic E-state index is 13.1. The van der Waals surface area contributed by atoms with Crippen LogP contribution in [0, 0.1) is 29.1 Å². The van der Waals surface area contributed by atoms with Crippen molar-refractivity contribution in [2.75, 3.05) is 20.3 Å². The molecule has 4 aliphatic rings. The molecule has 0 radical (unpaired) electrons. The second kappa shape index (κ2) is 9.13. The van der Waals surface area contributed by atoms with Crippen molar-refractivity contribution in [3.63, 3.8) is 0 Å². The average molecular weight is 423 g/mol. The summed E-state index contributed by atoms with van der Waals surface area (Å²) in [6, 6.07) is 9.54. The predicted molar refractivity (Wildman–Crippen MR) is 116 cm³/mol. The summed E-state index contributed by atoms with van der Waals surface area (Å²) in [5, 5.41) is 9.13. The number of carbonyl (C=O) groups is 2. The zero-order valence-electron chi connectivity index (χ0n) is 18.1. The molecule has 4 saturated carbocycles. The van der Waals surface area contributed by atoms with Gasteiger partial charge in [0, 0.05) is 23.7 Å². The van der Waals surface area contributed by atoms with Crippen LogP contribution in [0.5, 0.6) is 5.75 Å². The van der Waals surface area contributed by atoms with Gasteiger partial charge < -0.3 is 14.4 Å². The fraction of sp³-hybridized carbons (Fsp3) is 0.560. The van der Waals surface area contributed by atoms with Crippen LogP contribution >= 0.6 is 0 Å². The molecule has 5 rings (SSSR count). The summed E-state index contributed by atoms with van der Waals surface area (Å²) in [6.45, 7) is 0.123. The zero-order chi connectivity index (χ0) is 21.8. The molecule has 4 bridgehead atoms. The number of rotatable bonds is 8. The first-order valence-electron chi connectivity index (χ1n) is 11.2. The zero-order valence-corrected chi connectivity index (χ0v) is 18.1. The number of esters is 1. The van der Waals surface area contributed by atoms with Gasteiger partial charge in [0.05, 0.1) is 19.6 Å². The van der Waals surface area contributed by atoms with Gasteiger partial charge in [0.1, 0.15) is 5.75 Å². The molecule has 0 N–H and O–H groups in total. The molecule has 1 aromatic rings. The van der Waals surface area contributed by atoms with E-state index < -0.39 is 5.97 Å². The van der Waals surface area contributed by atoms with Crippen molar-refractivity contribution in [1.82, 2.24) is 4.90 Å². The summed E-state index contributed by atoms with van der Waals surface area (Å²) >= 11 is 0. The Balaban J connectivity index is 1.40. The number of nitriles is 1. The van der Waals surface area contributed by atoms with Crippen molar-refractivity contribution in [1.29, 1.82) is 5.26 Å². The van der Waals surface area contributed by atoms with Crippen LogP contribution in [0.3, 0.4) is 0 Å². The van der Waals surface area contributed by atoms with Crippen LogP contribution < -0.4 is 4.74 Å². The SMILES string of the molecule is COc1ccccc1/C=C/C(=O)OCC(=O)N(CCC#N)C12CC3CC(CC(C3)C1)C2. The second-order valence-corrected chi connectivity index (χ2v) is 9.28. The van der Waals surface area contributed by atoms with Crippen molar-refractivity contribution in [2.45, 2.75) is 50.5 Å². The van der Waals surface area contributed by atoms with Crippen LogP contribution in [0.25, 0.3) is 6.08 Å². The Kier molecular flexibility index (Phi) is 6.31. The predicted octanol–water partition coefficient (Wildman–Crippen LogP) is 3.96. The second-order valence-electron chi connectivity index (χ2n) is 9.28. The normalized spacial score (nSPS) is 28.3. The van der Waals surface area contributed by atoms with E-state index in [1.807, 2.05) is 29.2 Å². The molecule has 0 unspecified atom stereocenters. The summed E-state index contributed by atoms with van der Waals surface area (Å²) in [5.41, 5.74) is 0.611. The van der Waals surface area contributed by atoms with Crippen LogP contribution in [-0.2, 0) is 14.3 Å². The molecule has 4 aliphatic carbocycles. The summed E-state index contributed by atoms with van der Waals surface area (Å²) in [6.07, 6.45) is 10.2. The number of ether oxygens (including phenoxy) is 2. The lowest BCUT2D eigenvalue weighted by Crippen LogP contribution is -2.62. The molecule has 6 nitrogen and oxygen atoms in total. The molecular weight excluding hydrogens is 392 g/mol. The van der Waals surface area contributed by atoms with E-state index in [2.05, 4.69) is 6.07 Å². The highest BCUT2D eigenvalue weighted by Gasteiger charge is 2.54. The largest absolute Gasteiger partial charge is 0.496 e. The van der Waals surface area contributed by atoms with Crippen molar-refractivity contribution in [2.24, 2.45) is 17.8 Å². The minimum atomic E-state index is -0.565. The minimum Gasteiger partial charge on any atom is -0.496 e. The Morgan fingerprint density at radius 3 is 2.42 bits per heavy atom. The molecule has 0 aromatic heterocycles. The van der Waals surface area contributed by atoms with Crippen LogP contribution in [0.1, 0.15) is 50.5 Å². The standard InChI is InChI=1S/C25H30N2O4/c1-30-22-6-3-2-5-21(22)7-8-24(29)31-17-23(28)27(10-4-9-26)25-14-18-11-19(15-25)13-20(12-18)16-25/h2-3,5-8,18-20H,4,10-17H2,1H3/b8-7+. The summed E-state index contributed by atoms with van der Waals surface area (Å²) in [4.78, 5) is 27.3. The van der Waals surface area contributed by atoms with Gasteiger partial charge in [0.15, 0.2) is 6.61 Å². The number of para-hydroxylation sites is 1. The third kappa shape index (κ3) is 4.61. The van der Waals surface area contributed by atoms with E-state index in [1.54, 1.807) is 13.2 Å². The van der Waals surface area contributed by atoms with Gasteiger partial charge in [-0.3, -0.25) is 4.79 Å². The first-order chi connectivity index (χ1) is 15.0. The molecule has 0 atom stereocenters. The number of nitrogens with zero attached hydrogens (tertiary/aromatic N) is 2. The van der Waals surface area contributed by atoms with Crippen LogP contribution in [-0.4, -0.2) is 42.6 Å². The lowest BCUT2D eigenvalue weighted by molar-refractivity contribution is -0.160. The highest BCUT2D eigenvalue weighted by Crippen LogP contribution is 2.57. The molecule has 0 spiro atoms. The summed E-state index contributed by atoms with van der Waals surface area (Å²) in [7, 11) is 1.57. The molecule has 6 heteroatoms. The molecule has 0 saturated heterocycles. The van der Waals surface area contributed by atoms with Gasteiger partial charge in [-0.1, -0.05) is 18.2 Å². The smallest absolute Gasteiger partial charge is 0.331 e. The van der Waals surface area contributed by atoms with E-state index in [1.165, 1.54) is 25.3 Å². The fourth-order valence-corrected chi connectivity index (χ4v) is 6.40. The van der Waals surface area contributed by atoms with Crippen LogP contribution in [0.4, 0.5) is 0 Å². The molecular formula is C25H30N2O4. The summed E-state index contributed by atoms with van der Waals surface area (Å²) in [5.74, 6) is 1.98. The minimum absolute atomic E-state index is 0.150. The molecule has 4 fully saturated rings. The number of hydrogen-bond acceptors (Lipinski definition) is 5. The summed E-state index contributed by atoms with van der Waals surface area (Å²) < 4.78 is 10.6. The van der Waals surface area contributed by atoms with E-state index >= 15 is 0 Å². The topological polar surface area (TPSA) is 79.6 Å². The molecule has 1 amide bonds. The Bertz CT molecular complexity index is 866. The van der Waals surface area contributed by atoms with Gasteiger partial charge in [-0.15, -0.1) is 0 Å². The van der Waals surface area contributed by atoms with Gasteiger partial charge in [0.25, 0.3) is 5.91 Å². The molecule has 0 aliphatic heterocycles. The monoisotopic (exact) mass is 422 g/mol. The van der Waals surface area contributed by atoms with Crippen molar-refractivity contribution >= 4 is 18.0 Å². The van der Waals surface area contributed by atoms with E-state index in [4.69, 9.17) is 14.7 Å². The average Bonchev–Trinajstić information content (AvgIpc) is 2.75. The molecule has 0 heterocycles. The highest BCUT2D eigenvalue weighted by molar-refractivity contribution is 5.89. The lowest BCUT2D eigenvalue weighted by Gasteiger charge is -2.60. The number of amides is 1. The third-order valence-electron chi connectivity index (χ3n) is 7.20. The van der Waals surface area contributed by atoms with Crippen LogP contribution in [0.2, 0.25) is 0 Å². The van der Waals surface area contributed by atoms with E-state index in [0.717, 1.165) is 24.8 Å². The van der Waals surface area contributed by atoms with Crippen molar-refractivity contribution in [3.05, 3.63) is 35.9 Å². The molecule has 1 aromatic carbocycles. The van der Waals surface area contributed by atoms with Gasteiger partial charge in [-0.2, -0.15) is 5.26 Å². The van der Waals surface area contributed by atoms with Gasteiger partial charge >= 0.3 is 5.97 Å². The van der Waals surface area contributed by atoms with Crippen molar-refractivity contribution in [3.8, 4) is 11.8 Å². The van der Waals surface area contributed by atoms with E-state index in [0.29, 0.717) is 36.5 Å². The highest BCUT2D eigenvalue weighted by atomic mass is 16.5. The van der Waals surface area contributed by atoms with Gasteiger partial charge in [-0.25, -0.2) is 4.79 Å². The Morgan fingerprint density at radius 1 is 1.16 bits per heavy atom. The maximum atomic E-state index is 13.1. The first kappa shape index (κ1) is 21.4. The van der Waals surface area contributed by atoms with Crippen LogP contribution in [0.15, 0.2) is 30.3 Å². The maximum Gasteiger partial charge on any atom is 0.331 e. The van der Waals surface area contributed by atoms with Crippen molar-refractivity contribution < 1.29 is 19.1 Å². The number of benzene rings is 1. The fourth-order valence-electron chi connectivity index (χ4n) is 6.40. The number of methoxy groups -OCH3 is 1. The Labute approximate surface area is 183 Å².